The lowest BCUT2D eigenvalue weighted by Crippen LogP contribution is -2.46. The molecular formula is C12H24N2O2. The van der Waals surface area contributed by atoms with Crippen LogP contribution in [0.3, 0.4) is 0 Å². The summed E-state index contributed by atoms with van der Waals surface area (Å²) in [5, 5.41) is 9.86. The van der Waals surface area contributed by atoms with E-state index in [2.05, 4.69) is 0 Å². The average molecular weight is 228 g/mol. The molecule has 0 aromatic carbocycles. The number of hydrogen-bond donors (Lipinski definition) is 1. The molecular weight excluding hydrogens is 204 g/mol. The molecule has 0 radical (unpaired) electrons. The minimum Gasteiger partial charge on any atom is -0.391 e. The average Bonchev–Trinajstić information content (AvgIpc) is 2.25. The minimum absolute atomic E-state index is 0.0309. The van der Waals surface area contributed by atoms with Crippen LogP contribution in [0.4, 0.5) is 0 Å². The van der Waals surface area contributed by atoms with Gasteiger partial charge < -0.3 is 14.9 Å². The Hall–Kier alpha value is -0.610. The first-order chi connectivity index (χ1) is 7.52. The molecule has 94 valence electrons. The number of amides is 1. The molecule has 1 rings (SSSR count). The zero-order valence-electron chi connectivity index (χ0n) is 10.6. The van der Waals surface area contributed by atoms with Crippen molar-refractivity contribution in [2.45, 2.75) is 44.2 Å². The van der Waals surface area contributed by atoms with Crippen LogP contribution in [-0.4, -0.2) is 60.6 Å². The van der Waals surface area contributed by atoms with E-state index in [1.54, 1.807) is 4.90 Å². The molecule has 1 fully saturated rings. The Balaban J connectivity index is 2.42. The second kappa shape index (κ2) is 6.21. The number of likely N-dealkylation sites (N-methyl/N-ethyl adjacent to an activating group) is 1. The van der Waals surface area contributed by atoms with Crippen molar-refractivity contribution in [3.05, 3.63) is 0 Å². The highest BCUT2D eigenvalue weighted by Gasteiger charge is 2.28. The largest absolute Gasteiger partial charge is 0.391 e. The van der Waals surface area contributed by atoms with E-state index in [4.69, 9.17) is 0 Å². The lowest BCUT2D eigenvalue weighted by atomic mass is 9.91. The van der Waals surface area contributed by atoms with Crippen molar-refractivity contribution in [3.63, 3.8) is 0 Å². The van der Waals surface area contributed by atoms with Gasteiger partial charge >= 0.3 is 0 Å². The first-order valence-electron chi connectivity index (χ1n) is 6.11. The van der Waals surface area contributed by atoms with Gasteiger partial charge in [0.2, 0.25) is 5.91 Å². The molecule has 4 heteroatoms. The summed E-state index contributed by atoms with van der Waals surface area (Å²) in [5.41, 5.74) is 0. The normalized spacial score (nSPS) is 25.8. The number of rotatable bonds is 4. The molecule has 1 saturated carbocycles. The lowest BCUT2D eigenvalue weighted by Gasteiger charge is -2.35. The fourth-order valence-electron chi connectivity index (χ4n) is 2.22. The van der Waals surface area contributed by atoms with E-state index in [0.29, 0.717) is 6.42 Å². The molecule has 2 atom stereocenters. The quantitative estimate of drug-likeness (QED) is 0.770. The fraction of sp³-hybridized carbons (Fsp3) is 0.917. The van der Waals surface area contributed by atoms with Crippen LogP contribution in [0.5, 0.6) is 0 Å². The van der Waals surface area contributed by atoms with Gasteiger partial charge in [0.05, 0.1) is 12.1 Å². The maximum absolute atomic E-state index is 11.9. The van der Waals surface area contributed by atoms with Crippen molar-refractivity contribution in [1.82, 2.24) is 9.80 Å². The monoisotopic (exact) mass is 228 g/mol. The maximum atomic E-state index is 11.9. The Kier molecular flexibility index (Phi) is 5.22. The minimum atomic E-state index is -0.331. The predicted molar refractivity (Wildman–Crippen MR) is 64.2 cm³/mol. The molecule has 0 aliphatic heterocycles. The number of aliphatic hydroxyl groups excluding tert-OH is 1. The molecule has 0 aromatic heterocycles. The zero-order valence-corrected chi connectivity index (χ0v) is 10.6. The second-order valence-electron chi connectivity index (χ2n) is 4.98. The summed E-state index contributed by atoms with van der Waals surface area (Å²) < 4.78 is 0. The highest BCUT2D eigenvalue weighted by Crippen LogP contribution is 2.22. The van der Waals surface area contributed by atoms with Crippen LogP contribution in [-0.2, 0) is 4.79 Å². The topological polar surface area (TPSA) is 43.8 Å². The molecule has 0 heterocycles. The van der Waals surface area contributed by atoms with E-state index < -0.39 is 0 Å². The highest BCUT2D eigenvalue weighted by molar-refractivity contribution is 5.76. The van der Waals surface area contributed by atoms with E-state index >= 15 is 0 Å². The first kappa shape index (κ1) is 13.5. The first-order valence-corrected chi connectivity index (χ1v) is 6.11. The Morgan fingerprint density at radius 3 is 2.44 bits per heavy atom. The summed E-state index contributed by atoms with van der Waals surface area (Å²) >= 11 is 0. The third-order valence-electron chi connectivity index (χ3n) is 3.36. The Bertz CT molecular complexity index is 231. The van der Waals surface area contributed by atoms with E-state index in [1.807, 2.05) is 26.0 Å². The van der Waals surface area contributed by atoms with Crippen LogP contribution in [0.2, 0.25) is 0 Å². The molecule has 0 spiro atoms. The summed E-state index contributed by atoms with van der Waals surface area (Å²) in [6.07, 6.45) is 4.17. The molecule has 0 aromatic rings. The molecule has 0 bridgehead atoms. The van der Waals surface area contributed by atoms with Gasteiger partial charge in [-0.2, -0.15) is 0 Å². The summed E-state index contributed by atoms with van der Waals surface area (Å²) in [6.45, 7) is 0.770. The summed E-state index contributed by atoms with van der Waals surface area (Å²) in [5.74, 6) is 0.139. The van der Waals surface area contributed by atoms with E-state index in [9.17, 15) is 9.90 Å². The van der Waals surface area contributed by atoms with Crippen LogP contribution in [0.15, 0.2) is 0 Å². The van der Waals surface area contributed by atoms with Crippen LogP contribution in [0.25, 0.3) is 0 Å². The standard InChI is InChI=1S/C12H24N2O2/c1-13(2)9-8-12(16)14(3)10-6-4-5-7-11(10)15/h10-11,15H,4-9H2,1-3H3. The van der Waals surface area contributed by atoms with Crippen molar-refractivity contribution in [1.29, 1.82) is 0 Å². The van der Waals surface area contributed by atoms with E-state index in [0.717, 1.165) is 32.2 Å². The molecule has 1 aliphatic carbocycles. The van der Waals surface area contributed by atoms with Gasteiger partial charge in [-0.3, -0.25) is 4.79 Å². The number of carbonyl (C=O) groups excluding carboxylic acids is 1. The summed E-state index contributed by atoms with van der Waals surface area (Å²) in [4.78, 5) is 15.6. The third kappa shape index (κ3) is 3.76. The highest BCUT2D eigenvalue weighted by atomic mass is 16.3. The maximum Gasteiger partial charge on any atom is 0.223 e. The SMILES string of the molecule is CN(C)CCC(=O)N(C)C1CCCCC1O. The van der Waals surface area contributed by atoms with E-state index in [-0.39, 0.29) is 18.1 Å². The zero-order chi connectivity index (χ0) is 12.1. The van der Waals surface area contributed by atoms with Gasteiger partial charge in [-0.05, 0) is 26.9 Å². The number of carbonyl (C=O) groups is 1. The number of nitrogens with zero attached hydrogens (tertiary/aromatic N) is 2. The van der Waals surface area contributed by atoms with Gasteiger partial charge in [-0.1, -0.05) is 12.8 Å². The molecule has 16 heavy (non-hydrogen) atoms. The molecule has 0 saturated heterocycles. The second-order valence-corrected chi connectivity index (χ2v) is 4.98. The van der Waals surface area contributed by atoms with Gasteiger partial charge in [-0.25, -0.2) is 0 Å². The van der Waals surface area contributed by atoms with Crippen molar-refractivity contribution in [2.24, 2.45) is 0 Å². The molecule has 1 N–H and O–H groups in total. The lowest BCUT2D eigenvalue weighted by molar-refractivity contribution is -0.135. The van der Waals surface area contributed by atoms with Crippen LogP contribution >= 0.6 is 0 Å². The van der Waals surface area contributed by atoms with Crippen LogP contribution in [0.1, 0.15) is 32.1 Å². The molecule has 4 nitrogen and oxygen atoms in total. The third-order valence-corrected chi connectivity index (χ3v) is 3.36. The van der Waals surface area contributed by atoms with Crippen molar-refractivity contribution in [3.8, 4) is 0 Å². The summed E-state index contributed by atoms with van der Waals surface area (Å²) in [6, 6.07) is 0.0309. The van der Waals surface area contributed by atoms with Gasteiger partial charge in [0.25, 0.3) is 0 Å². The van der Waals surface area contributed by atoms with Gasteiger partial charge in [0.1, 0.15) is 0 Å². The summed E-state index contributed by atoms with van der Waals surface area (Å²) in [7, 11) is 5.74. The fourth-order valence-corrected chi connectivity index (χ4v) is 2.22. The van der Waals surface area contributed by atoms with Gasteiger partial charge in [0.15, 0.2) is 0 Å². The smallest absolute Gasteiger partial charge is 0.223 e. The molecule has 1 aliphatic rings. The Labute approximate surface area is 98.2 Å². The molecule has 1 amide bonds. The van der Waals surface area contributed by atoms with Crippen LogP contribution < -0.4 is 0 Å². The van der Waals surface area contributed by atoms with Crippen LogP contribution in [0, 0.1) is 0 Å². The van der Waals surface area contributed by atoms with Gasteiger partial charge in [-0.15, -0.1) is 0 Å². The van der Waals surface area contributed by atoms with Crippen molar-refractivity contribution < 1.29 is 9.90 Å². The Morgan fingerprint density at radius 2 is 1.88 bits per heavy atom. The van der Waals surface area contributed by atoms with Crippen molar-refractivity contribution >= 4 is 5.91 Å². The van der Waals surface area contributed by atoms with Crippen molar-refractivity contribution in [2.75, 3.05) is 27.7 Å². The Morgan fingerprint density at radius 1 is 1.25 bits per heavy atom. The number of hydrogen-bond acceptors (Lipinski definition) is 3. The molecule has 2 unspecified atom stereocenters. The van der Waals surface area contributed by atoms with Gasteiger partial charge in [0, 0.05) is 20.0 Å². The van der Waals surface area contributed by atoms with E-state index in [1.165, 1.54) is 0 Å². The number of aliphatic hydroxyl groups is 1. The predicted octanol–water partition coefficient (Wildman–Crippen LogP) is 0.700.